The summed E-state index contributed by atoms with van der Waals surface area (Å²) in [6.45, 7) is 5.49. The van der Waals surface area contributed by atoms with Crippen molar-refractivity contribution in [3.05, 3.63) is 57.4 Å². The van der Waals surface area contributed by atoms with Crippen molar-refractivity contribution in [3.63, 3.8) is 0 Å². The van der Waals surface area contributed by atoms with Gasteiger partial charge in [0.15, 0.2) is 0 Å². The summed E-state index contributed by atoms with van der Waals surface area (Å²) in [5.41, 5.74) is 0.724. The molecule has 2 heterocycles. The van der Waals surface area contributed by atoms with Crippen LogP contribution in [0.5, 0.6) is 0 Å². The van der Waals surface area contributed by atoms with Crippen molar-refractivity contribution in [3.8, 4) is 0 Å². The van der Waals surface area contributed by atoms with Crippen molar-refractivity contribution in [2.75, 3.05) is 0 Å². The summed E-state index contributed by atoms with van der Waals surface area (Å²) in [6, 6.07) is 4.16. The van der Waals surface area contributed by atoms with Crippen molar-refractivity contribution >= 4 is 5.97 Å². The summed E-state index contributed by atoms with van der Waals surface area (Å²) in [4.78, 5) is 22.8. The Labute approximate surface area is 110 Å². The zero-order valence-electron chi connectivity index (χ0n) is 11.0. The van der Waals surface area contributed by atoms with Gasteiger partial charge in [0.05, 0.1) is 11.6 Å². The highest BCUT2D eigenvalue weighted by Crippen LogP contribution is 2.23. The molecule has 0 aliphatic heterocycles. The Morgan fingerprint density at radius 1 is 1.37 bits per heavy atom. The number of furan rings is 1. The van der Waals surface area contributed by atoms with E-state index in [1.54, 1.807) is 0 Å². The maximum absolute atomic E-state index is 11.9. The quantitative estimate of drug-likeness (QED) is 0.920. The first-order valence-electron chi connectivity index (χ1n) is 5.92. The van der Waals surface area contributed by atoms with Gasteiger partial charge < -0.3 is 14.1 Å². The lowest BCUT2D eigenvalue weighted by Gasteiger charge is -2.14. The molecule has 2 aromatic rings. The van der Waals surface area contributed by atoms with Crippen molar-refractivity contribution in [1.29, 1.82) is 0 Å². The Balaban J connectivity index is 2.52. The molecule has 2 rings (SSSR count). The van der Waals surface area contributed by atoms with Gasteiger partial charge in [0.25, 0.3) is 5.56 Å². The minimum Gasteiger partial charge on any atom is -0.478 e. The van der Waals surface area contributed by atoms with Crippen LogP contribution in [0, 0.1) is 13.8 Å². The van der Waals surface area contributed by atoms with Gasteiger partial charge in [0, 0.05) is 17.8 Å². The number of hydrogen-bond acceptors (Lipinski definition) is 3. The molecule has 0 aromatic carbocycles. The fraction of sp³-hybridized carbons (Fsp3) is 0.286. The van der Waals surface area contributed by atoms with Crippen LogP contribution in [0.4, 0.5) is 0 Å². The molecule has 0 bridgehead atoms. The van der Waals surface area contributed by atoms with Gasteiger partial charge in [-0.25, -0.2) is 4.79 Å². The minimum atomic E-state index is -1.05. The number of rotatable bonds is 3. The monoisotopic (exact) mass is 261 g/mol. The van der Waals surface area contributed by atoms with E-state index >= 15 is 0 Å². The number of aromatic nitrogens is 1. The van der Waals surface area contributed by atoms with Crippen LogP contribution in [-0.4, -0.2) is 15.6 Å². The number of hydrogen-bond donors (Lipinski definition) is 1. The average Bonchev–Trinajstić information content (AvgIpc) is 2.68. The largest absolute Gasteiger partial charge is 0.478 e. The first-order chi connectivity index (χ1) is 8.90. The second kappa shape index (κ2) is 4.76. The molecule has 100 valence electrons. The van der Waals surface area contributed by atoms with Crippen LogP contribution in [0.25, 0.3) is 0 Å². The molecule has 0 saturated heterocycles. The summed E-state index contributed by atoms with van der Waals surface area (Å²) in [5.74, 6) is 0.445. The van der Waals surface area contributed by atoms with Gasteiger partial charge in [0.2, 0.25) is 0 Å². The van der Waals surface area contributed by atoms with E-state index in [4.69, 9.17) is 9.52 Å². The molecule has 1 unspecified atom stereocenters. The van der Waals surface area contributed by atoms with Gasteiger partial charge in [-0.3, -0.25) is 4.79 Å². The highest BCUT2D eigenvalue weighted by molar-refractivity contribution is 5.87. The van der Waals surface area contributed by atoms with Gasteiger partial charge >= 0.3 is 5.97 Å². The smallest absolute Gasteiger partial charge is 0.337 e. The molecular weight excluding hydrogens is 246 g/mol. The van der Waals surface area contributed by atoms with Gasteiger partial charge in [-0.2, -0.15) is 0 Å². The lowest BCUT2D eigenvalue weighted by Crippen LogP contribution is -2.24. The molecule has 0 aliphatic carbocycles. The second-order valence-corrected chi connectivity index (χ2v) is 4.51. The fourth-order valence-electron chi connectivity index (χ4n) is 2.15. The molecule has 0 aliphatic rings. The van der Waals surface area contributed by atoms with Crippen LogP contribution in [0.1, 0.15) is 40.4 Å². The fourth-order valence-corrected chi connectivity index (χ4v) is 2.15. The zero-order valence-corrected chi connectivity index (χ0v) is 11.0. The lowest BCUT2D eigenvalue weighted by atomic mass is 10.1. The normalized spacial score (nSPS) is 12.4. The number of aromatic carboxylic acids is 1. The van der Waals surface area contributed by atoms with E-state index in [-0.39, 0.29) is 17.2 Å². The van der Waals surface area contributed by atoms with Crippen LogP contribution in [0.15, 0.2) is 33.6 Å². The first kappa shape index (κ1) is 13.1. The van der Waals surface area contributed by atoms with Gasteiger partial charge in [-0.1, -0.05) is 0 Å². The van der Waals surface area contributed by atoms with Crippen LogP contribution in [-0.2, 0) is 0 Å². The number of carbonyl (C=O) groups is 1. The molecule has 19 heavy (non-hydrogen) atoms. The highest BCUT2D eigenvalue weighted by atomic mass is 16.4. The van der Waals surface area contributed by atoms with Crippen molar-refractivity contribution in [2.45, 2.75) is 26.8 Å². The van der Waals surface area contributed by atoms with Gasteiger partial charge in [0.1, 0.15) is 11.5 Å². The predicted molar refractivity (Wildman–Crippen MR) is 69.7 cm³/mol. The number of aryl methyl sites for hydroxylation is 2. The van der Waals surface area contributed by atoms with Crippen molar-refractivity contribution < 1.29 is 14.3 Å². The number of nitrogens with zero attached hydrogens (tertiary/aromatic N) is 1. The van der Waals surface area contributed by atoms with E-state index in [1.165, 1.54) is 22.9 Å². The van der Waals surface area contributed by atoms with Gasteiger partial charge in [-0.05, 0) is 32.9 Å². The van der Waals surface area contributed by atoms with E-state index in [0.717, 1.165) is 17.1 Å². The maximum atomic E-state index is 11.9. The van der Waals surface area contributed by atoms with Crippen molar-refractivity contribution in [1.82, 2.24) is 4.57 Å². The summed E-state index contributed by atoms with van der Waals surface area (Å²) in [6.07, 6.45) is 1.36. The van der Waals surface area contributed by atoms with E-state index in [0.29, 0.717) is 0 Å². The summed E-state index contributed by atoms with van der Waals surface area (Å²) in [7, 11) is 0. The first-order valence-corrected chi connectivity index (χ1v) is 5.92. The van der Waals surface area contributed by atoms with Crippen molar-refractivity contribution in [2.24, 2.45) is 0 Å². The topological polar surface area (TPSA) is 72.4 Å². The summed E-state index contributed by atoms with van der Waals surface area (Å²) < 4.78 is 6.85. The summed E-state index contributed by atoms with van der Waals surface area (Å²) >= 11 is 0. The van der Waals surface area contributed by atoms with Gasteiger partial charge in [-0.15, -0.1) is 0 Å². The highest BCUT2D eigenvalue weighted by Gasteiger charge is 2.16. The molecule has 5 heteroatoms. The molecule has 5 nitrogen and oxygen atoms in total. The third-order valence-electron chi connectivity index (χ3n) is 3.13. The maximum Gasteiger partial charge on any atom is 0.337 e. The number of pyridine rings is 1. The number of carboxylic acids is 1. The minimum absolute atomic E-state index is 0.0873. The van der Waals surface area contributed by atoms with E-state index < -0.39 is 5.97 Å². The Kier molecular flexibility index (Phi) is 3.29. The Hall–Kier alpha value is -2.30. The van der Waals surface area contributed by atoms with Crippen LogP contribution in [0.2, 0.25) is 0 Å². The standard InChI is InChI=1S/C14H15NO4/c1-8-6-12(10(3)19-8)9(2)15-7-11(14(17)18)4-5-13(15)16/h4-7,9H,1-3H3,(H,17,18). The lowest BCUT2D eigenvalue weighted by molar-refractivity contribution is 0.0695. The molecule has 1 atom stereocenters. The Bertz CT molecular complexity index is 681. The molecule has 2 aromatic heterocycles. The molecule has 0 saturated carbocycles. The zero-order chi connectivity index (χ0) is 14.2. The van der Waals surface area contributed by atoms with E-state index in [9.17, 15) is 9.59 Å². The van der Waals surface area contributed by atoms with E-state index in [2.05, 4.69) is 0 Å². The van der Waals surface area contributed by atoms with Crippen LogP contribution < -0.4 is 5.56 Å². The van der Waals surface area contributed by atoms with Crippen LogP contribution >= 0.6 is 0 Å². The third kappa shape index (κ3) is 2.45. The molecule has 0 radical (unpaired) electrons. The predicted octanol–water partition coefficient (Wildman–Crippen LogP) is 2.37. The van der Waals surface area contributed by atoms with E-state index in [1.807, 2.05) is 26.8 Å². The second-order valence-electron chi connectivity index (χ2n) is 4.51. The number of carboxylic acid groups (broad SMARTS) is 1. The molecule has 0 fully saturated rings. The van der Waals surface area contributed by atoms with Crippen LogP contribution in [0.3, 0.4) is 0 Å². The molecule has 0 amide bonds. The molecule has 1 N–H and O–H groups in total. The molecular formula is C14H15NO4. The average molecular weight is 261 g/mol. The SMILES string of the molecule is Cc1cc(C(C)n2cc(C(=O)O)ccc2=O)c(C)o1. The summed E-state index contributed by atoms with van der Waals surface area (Å²) in [5, 5.41) is 8.98. The Morgan fingerprint density at radius 3 is 2.58 bits per heavy atom. The molecule has 0 spiro atoms. The Morgan fingerprint density at radius 2 is 2.05 bits per heavy atom. The third-order valence-corrected chi connectivity index (χ3v) is 3.13.